The fourth-order valence-corrected chi connectivity index (χ4v) is 4.10. The van der Waals surface area contributed by atoms with Gasteiger partial charge in [0.05, 0.1) is 16.1 Å². The second kappa shape index (κ2) is 7.76. The molecule has 7 nitrogen and oxygen atoms in total. The summed E-state index contributed by atoms with van der Waals surface area (Å²) in [4.78, 5) is 12.9. The molecular formula is C20H15BrN2O5S. The number of amides is 1. The second-order valence-corrected chi connectivity index (χ2v) is 8.73. The van der Waals surface area contributed by atoms with Crippen LogP contribution in [0.1, 0.15) is 10.4 Å². The highest BCUT2D eigenvalue weighted by molar-refractivity contribution is 9.10. The number of hydrogen-bond acceptors (Lipinski definition) is 5. The summed E-state index contributed by atoms with van der Waals surface area (Å²) in [6, 6.07) is 17.6. The average Bonchev–Trinajstić information content (AvgIpc) is 3.16. The van der Waals surface area contributed by atoms with Crippen LogP contribution in [0.4, 0.5) is 11.4 Å². The maximum Gasteiger partial charge on any atom is 0.261 e. The van der Waals surface area contributed by atoms with Gasteiger partial charge in [0.25, 0.3) is 15.9 Å². The van der Waals surface area contributed by atoms with Crippen LogP contribution in [0.25, 0.3) is 0 Å². The molecular weight excluding hydrogens is 460 g/mol. The summed E-state index contributed by atoms with van der Waals surface area (Å²) in [5.74, 6) is 0.677. The topological polar surface area (TPSA) is 93.7 Å². The van der Waals surface area contributed by atoms with Crippen LogP contribution in [-0.2, 0) is 10.0 Å². The summed E-state index contributed by atoms with van der Waals surface area (Å²) in [6.07, 6.45) is 0. The number of carbonyl (C=O) groups excluding carboxylic acids is 1. The van der Waals surface area contributed by atoms with E-state index >= 15 is 0 Å². The molecule has 0 unspecified atom stereocenters. The lowest BCUT2D eigenvalue weighted by atomic mass is 10.1. The lowest BCUT2D eigenvalue weighted by Crippen LogP contribution is -2.18. The molecule has 3 aromatic carbocycles. The number of carbonyl (C=O) groups is 1. The quantitative estimate of drug-likeness (QED) is 0.576. The van der Waals surface area contributed by atoms with Gasteiger partial charge >= 0.3 is 0 Å². The molecule has 9 heteroatoms. The lowest BCUT2D eigenvalue weighted by molar-refractivity contribution is 0.102. The molecule has 1 aliphatic rings. The van der Waals surface area contributed by atoms with Crippen molar-refractivity contribution in [2.75, 3.05) is 16.8 Å². The minimum Gasteiger partial charge on any atom is -0.454 e. The molecule has 0 bridgehead atoms. The minimum absolute atomic E-state index is 0.0895. The van der Waals surface area contributed by atoms with Crippen molar-refractivity contribution in [3.8, 4) is 11.5 Å². The van der Waals surface area contributed by atoms with E-state index in [1.165, 1.54) is 18.2 Å². The zero-order chi connectivity index (χ0) is 20.4. The molecule has 0 aromatic heterocycles. The SMILES string of the molecule is O=C(Nc1ccc2c(c1)OCO2)c1ccccc1NS(=O)(=O)c1ccc(Br)cc1. The number of nitrogens with one attached hydrogen (secondary N) is 2. The van der Waals surface area contributed by atoms with E-state index in [0.717, 1.165) is 4.47 Å². The fraction of sp³-hybridized carbons (Fsp3) is 0.0500. The Kier molecular flexibility index (Phi) is 5.16. The van der Waals surface area contributed by atoms with Gasteiger partial charge in [0.2, 0.25) is 6.79 Å². The van der Waals surface area contributed by atoms with Gasteiger partial charge < -0.3 is 14.8 Å². The zero-order valence-corrected chi connectivity index (χ0v) is 17.3. The number of hydrogen-bond donors (Lipinski definition) is 2. The van der Waals surface area contributed by atoms with E-state index < -0.39 is 15.9 Å². The minimum atomic E-state index is -3.85. The molecule has 0 saturated heterocycles. The maximum atomic E-state index is 12.8. The first kappa shape index (κ1) is 19.3. The van der Waals surface area contributed by atoms with Gasteiger partial charge in [-0.15, -0.1) is 0 Å². The number of halogens is 1. The lowest BCUT2D eigenvalue weighted by Gasteiger charge is -2.13. The van der Waals surface area contributed by atoms with Crippen LogP contribution in [0.2, 0.25) is 0 Å². The van der Waals surface area contributed by atoms with Gasteiger partial charge in [-0.25, -0.2) is 8.42 Å². The second-order valence-electron chi connectivity index (χ2n) is 6.13. The average molecular weight is 475 g/mol. The van der Waals surface area contributed by atoms with Gasteiger partial charge in [-0.1, -0.05) is 28.1 Å². The third kappa shape index (κ3) is 4.20. The third-order valence-corrected chi connectivity index (χ3v) is 6.08. The number of sulfonamides is 1. The van der Waals surface area contributed by atoms with Crippen LogP contribution in [0.15, 0.2) is 76.1 Å². The molecule has 1 aliphatic heterocycles. The van der Waals surface area contributed by atoms with Crippen LogP contribution >= 0.6 is 15.9 Å². The van der Waals surface area contributed by atoms with Crippen molar-refractivity contribution in [1.82, 2.24) is 0 Å². The van der Waals surface area contributed by atoms with Crippen molar-refractivity contribution in [2.45, 2.75) is 4.90 Å². The van der Waals surface area contributed by atoms with Crippen molar-refractivity contribution in [3.05, 3.63) is 76.8 Å². The summed E-state index contributed by atoms with van der Waals surface area (Å²) in [5.41, 5.74) is 0.865. The Balaban J connectivity index is 1.58. The van der Waals surface area contributed by atoms with Crippen LogP contribution in [0.5, 0.6) is 11.5 Å². The Morgan fingerprint density at radius 3 is 2.45 bits per heavy atom. The molecule has 4 rings (SSSR count). The largest absolute Gasteiger partial charge is 0.454 e. The zero-order valence-electron chi connectivity index (χ0n) is 14.9. The van der Waals surface area contributed by atoms with Gasteiger partial charge in [0, 0.05) is 16.2 Å². The third-order valence-electron chi connectivity index (χ3n) is 4.17. The van der Waals surface area contributed by atoms with Crippen LogP contribution in [-0.4, -0.2) is 21.1 Å². The van der Waals surface area contributed by atoms with E-state index in [1.807, 2.05) is 0 Å². The smallest absolute Gasteiger partial charge is 0.261 e. The van der Waals surface area contributed by atoms with Gasteiger partial charge in [-0.05, 0) is 48.5 Å². The highest BCUT2D eigenvalue weighted by atomic mass is 79.9. The monoisotopic (exact) mass is 474 g/mol. The Bertz CT molecular complexity index is 1180. The predicted molar refractivity (Wildman–Crippen MR) is 112 cm³/mol. The highest BCUT2D eigenvalue weighted by Crippen LogP contribution is 2.34. The first-order valence-corrected chi connectivity index (χ1v) is 10.8. The molecule has 0 radical (unpaired) electrons. The van der Waals surface area contributed by atoms with Crippen molar-refractivity contribution in [2.24, 2.45) is 0 Å². The first-order chi connectivity index (χ1) is 13.9. The number of rotatable bonds is 5. The molecule has 1 amide bonds. The van der Waals surface area contributed by atoms with Crippen LogP contribution < -0.4 is 19.5 Å². The molecule has 2 N–H and O–H groups in total. The number of ether oxygens (including phenoxy) is 2. The summed E-state index contributed by atoms with van der Waals surface area (Å²) < 4.78 is 39.2. The standard InChI is InChI=1S/C20H15BrN2O5S/c21-13-5-8-15(9-6-13)29(25,26)23-17-4-2-1-3-16(17)20(24)22-14-7-10-18-19(11-14)28-12-27-18/h1-11,23H,12H2,(H,22,24). The Morgan fingerprint density at radius 2 is 1.66 bits per heavy atom. The summed E-state index contributed by atoms with van der Waals surface area (Å²) >= 11 is 3.27. The fourth-order valence-electron chi connectivity index (χ4n) is 2.76. The summed E-state index contributed by atoms with van der Waals surface area (Å²) in [7, 11) is -3.85. The Labute approximate surface area is 175 Å². The van der Waals surface area contributed by atoms with E-state index in [4.69, 9.17) is 9.47 Å². The Morgan fingerprint density at radius 1 is 0.931 bits per heavy atom. The van der Waals surface area contributed by atoms with Gasteiger partial charge in [-0.2, -0.15) is 0 Å². The number of fused-ring (bicyclic) bond motifs is 1. The van der Waals surface area contributed by atoms with E-state index in [2.05, 4.69) is 26.0 Å². The number of para-hydroxylation sites is 1. The van der Waals surface area contributed by atoms with Crippen molar-refractivity contribution < 1.29 is 22.7 Å². The van der Waals surface area contributed by atoms with Crippen molar-refractivity contribution >= 4 is 43.2 Å². The van der Waals surface area contributed by atoms with Crippen LogP contribution in [0, 0.1) is 0 Å². The molecule has 29 heavy (non-hydrogen) atoms. The van der Waals surface area contributed by atoms with Crippen molar-refractivity contribution in [3.63, 3.8) is 0 Å². The Hall–Kier alpha value is -3.04. The predicted octanol–water partition coefficient (Wildman–Crippen LogP) is 4.23. The van der Waals surface area contributed by atoms with E-state index in [1.54, 1.807) is 48.5 Å². The summed E-state index contributed by atoms with van der Waals surface area (Å²) in [6.45, 7) is 0.132. The molecule has 0 spiro atoms. The first-order valence-electron chi connectivity index (χ1n) is 8.51. The van der Waals surface area contributed by atoms with E-state index in [0.29, 0.717) is 17.2 Å². The molecule has 1 heterocycles. The number of anilines is 2. The molecule has 0 atom stereocenters. The van der Waals surface area contributed by atoms with E-state index in [-0.39, 0.29) is 22.9 Å². The normalized spacial score (nSPS) is 12.4. The van der Waals surface area contributed by atoms with E-state index in [9.17, 15) is 13.2 Å². The van der Waals surface area contributed by atoms with Crippen LogP contribution in [0.3, 0.4) is 0 Å². The van der Waals surface area contributed by atoms with Gasteiger partial charge in [0.1, 0.15) is 0 Å². The molecule has 0 aliphatic carbocycles. The number of benzene rings is 3. The highest BCUT2D eigenvalue weighted by Gasteiger charge is 2.20. The summed E-state index contributed by atoms with van der Waals surface area (Å²) in [5, 5.41) is 2.75. The molecule has 3 aromatic rings. The molecule has 0 fully saturated rings. The molecule has 148 valence electrons. The molecule has 0 saturated carbocycles. The van der Waals surface area contributed by atoms with Gasteiger partial charge in [0.15, 0.2) is 11.5 Å². The van der Waals surface area contributed by atoms with Gasteiger partial charge in [-0.3, -0.25) is 9.52 Å². The maximum absolute atomic E-state index is 12.8. The van der Waals surface area contributed by atoms with Crippen molar-refractivity contribution in [1.29, 1.82) is 0 Å².